The average molecular weight is 362 g/mol. The first-order chi connectivity index (χ1) is 12.8. The van der Waals surface area contributed by atoms with E-state index in [2.05, 4.69) is 10.3 Å². The molecule has 2 heterocycles. The Hall–Kier alpha value is -3.12. The fraction of sp³-hybridized carbons (Fsp3) is 0.100. The molecule has 0 fully saturated rings. The van der Waals surface area contributed by atoms with Crippen molar-refractivity contribution < 1.29 is 14.3 Å². The number of nitrogens with zero attached hydrogens (tertiary/aromatic N) is 1. The maximum Gasteiger partial charge on any atom is 0.258 e. The molecule has 5 rings (SSSR count). The van der Waals surface area contributed by atoms with E-state index >= 15 is 0 Å². The van der Waals surface area contributed by atoms with E-state index in [1.54, 1.807) is 0 Å². The van der Waals surface area contributed by atoms with Crippen LogP contribution in [0.3, 0.4) is 0 Å². The standard InChI is InChI=1S/C20H14N2O3S/c23-19(14-7-3-5-12-4-1-2-6-13(12)14)22-20-21-15-10-16-17(11-18(15)26-20)25-9-8-24-16/h1-7,10-11H,8-9H2,(H,21,22,23). The highest BCUT2D eigenvalue weighted by Crippen LogP contribution is 2.38. The van der Waals surface area contributed by atoms with E-state index in [0.717, 1.165) is 26.7 Å². The van der Waals surface area contributed by atoms with Gasteiger partial charge in [-0.15, -0.1) is 0 Å². The number of anilines is 1. The summed E-state index contributed by atoms with van der Waals surface area (Å²) in [6.45, 7) is 1.08. The maximum absolute atomic E-state index is 12.8. The highest BCUT2D eigenvalue weighted by molar-refractivity contribution is 7.22. The quantitative estimate of drug-likeness (QED) is 0.571. The molecular weight excluding hydrogens is 348 g/mol. The Morgan fingerprint density at radius 2 is 1.77 bits per heavy atom. The summed E-state index contributed by atoms with van der Waals surface area (Å²) in [6, 6.07) is 17.3. The van der Waals surface area contributed by atoms with E-state index in [1.165, 1.54) is 11.3 Å². The van der Waals surface area contributed by atoms with Gasteiger partial charge in [-0.2, -0.15) is 0 Å². The van der Waals surface area contributed by atoms with Crippen molar-refractivity contribution in [2.45, 2.75) is 0 Å². The number of ether oxygens (including phenoxy) is 2. The molecule has 3 aromatic carbocycles. The largest absolute Gasteiger partial charge is 0.486 e. The average Bonchev–Trinajstić information content (AvgIpc) is 3.06. The Morgan fingerprint density at radius 3 is 2.65 bits per heavy atom. The highest BCUT2D eigenvalue weighted by Gasteiger charge is 2.17. The molecule has 1 aliphatic rings. The Kier molecular flexibility index (Phi) is 3.50. The van der Waals surface area contributed by atoms with Crippen LogP contribution in [0.4, 0.5) is 5.13 Å². The zero-order valence-corrected chi connectivity index (χ0v) is 14.5. The summed E-state index contributed by atoms with van der Waals surface area (Å²) in [6.07, 6.45) is 0. The van der Waals surface area contributed by atoms with Crippen molar-refractivity contribution in [1.29, 1.82) is 0 Å². The van der Waals surface area contributed by atoms with Crippen LogP contribution in [0, 0.1) is 0 Å². The number of amides is 1. The number of nitrogens with one attached hydrogen (secondary N) is 1. The van der Waals surface area contributed by atoms with Crippen LogP contribution in [0.15, 0.2) is 54.6 Å². The van der Waals surface area contributed by atoms with Crippen LogP contribution in [0.5, 0.6) is 11.5 Å². The molecule has 0 bridgehead atoms. The van der Waals surface area contributed by atoms with Crippen molar-refractivity contribution in [3.8, 4) is 11.5 Å². The van der Waals surface area contributed by atoms with Crippen LogP contribution in [0.25, 0.3) is 21.0 Å². The first kappa shape index (κ1) is 15.2. The van der Waals surface area contributed by atoms with Gasteiger partial charge in [0.2, 0.25) is 0 Å². The van der Waals surface area contributed by atoms with Crippen LogP contribution in [-0.2, 0) is 0 Å². The third-order valence-electron chi connectivity index (χ3n) is 4.31. The Balaban J connectivity index is 1.49. The third kappa shape index (κ3) is 2.55. The minimum atomic E-state index is -0.168. The number of thiazole rings is 1. The van der Waals surface area contributed by atoms with E-state index in [4.69, 9.17) is 9.47 Å². The van der Waals surface area contributed by atoms with Gasteiger partial charge < -0.3 is 9.47 Å². The number of benzene rings is 3. The molecule has 4 aromatic rings. The molecule has 0 aliphatic carbocycles. The summed E-state index contributed by atoms with van der Waals surface area (Å²) >= 11 is 1.42. The summed E-state index contributed by atoms with van der Waals surface area (Å²) in [7, 11) is 0. The number of carbonyl (C=O) groups is 1. The van der Waals surface area contributed by atoms with Gasteiger partial charge in [-0.25, -0.2) is 4.98 Å². The zero-order chi connectivity index (χ0) is 17.5. The topological polar surface area (TPSA) is 60.5 Å². The van der Waals surface area contributed by atoms with E-state index in [0.29, 0.717) is 29.7 Å². The lowest BCUT2D eigenvalue weighted by molar-refractivity contribution is 0.102. The summed E-state index contributed by atoms with van der Waals surface area (Å²) in [5.74, 6) is 1.25. The highest BCUT2D eigenvalue weighted by atomic mass is 32.1. The van der Waals surface area contributed by atoms with Crippen molar-refractivity contribution in [1.82, 2.24) is 4.98 Å². The van der Waals surface area contributed by atoms with Crippen molar-refractivity contribution in [2.24, 2.45) is 0 Å². The lowest BCUT2D eigenvalue weighted by atomic mass is 10.0. The van der Waals surface area contributed by atoms with Gasteiger partial charge in [-0.3, -0.25) is 10.1 Å². The third-order valence-corrected chi connectivity index (χ3v) is 5.24. The summed E-state index contributed by atoms with van der Waals surface area (Å²) < 4.78 is 12.1. The normalized spacial score (nSPS) is 13.1. The second-order valence-electron chi connectivity index (χ2n) is 5.96. The molecule has 128 valence electrons. The van der Waals surface area contributed by atoms with Gasteiger partial charge in [-0.1, -0.05) is 47.7 Å². The van der Waals surface area contributed by atoms with Crippen molar-refractivity contribution in [3.05, 3.63) is 60.2 Å². The predicted molar refractivity (Wildman–Crippen MR) is 103 cm³/mol. The van der Waals surface area contributed by atoms with Gasteiger partial charge in [0.05, 0.1) is 10.2 Å². The molecule has 1 aromatic heterocycles. The lowest BCUT2D eigenvalue weighted by Gasteiger charge is -2.17. The van der Waals surface area contributed by atoms with Crippen molar-refractivity contribution in [2.75, 3.05) is 18.5 Å². The van der Waals surface area contributed by atoms with E-state index < -0.39 is 0 Å². The molecular formula is C20H14N2O3S. The predicted octanol–water partition coefficient (Wildman–Crippen LogP) is 4.47. The summed E-state index contributed by atoms with van der Waals surface area (Å²) in [5, 5.41) is 5.43. The summed E-state index contributed by atoms with van der Waals surface area (Å²) in [5.41, 5.74) is 1.42. The molecule has 0 radical (unpaired) electrons. The Morgan fingerprint density at radius 1 is 1.00 bits per heavy atom. The minimum absolute atomic E-state index is 0.168. The number of hydrogen-bond donors (Lipinski definition) is 1. The number of carbonyl (C=O) groups excluding carboxylic acids is 1. The fourth-order valence-corrected chi connectivity index (χ4v) is 3.98. The molecule has 0 saturated heterocycles. The molecule has 1 amide bonds. The number of aromatic nitrogens is 1. The van der Waals surface area contributed by atoms with Gasteiger partial charge in [0.25, 0.3) is 5.91 Å². The number of fused-ring (bicyclic) bond motifs is 3. The second-order valence-corrected chi connectivity index (χ2v) is 6.99. The van der Waals surface area contributed by atoms with Crippen LogP contribution >= 0.6 is 11.3 Å². The van der Waals surface area contributed by atoms with Crippen LogP contribution in [0.2, 0.25) is 0 Å². The second kappa shape index (κ2) is 6.00. The van der Waals surface area contributed by atoms with Gasteiger partial charge in [0, 0.05) is 17.7 Å². The van der Waals surface area contributed by atoms with Gasteiger partial charge >= 0.3 is 0 Å². The van der Waals surface area contributed by atoms with E-state index in [9.17, 15) is 4.79 Å². The zero-order valence-electron chi connectivity index (χ0n) is 13.7. The van der Waals surface area contributed by atoms with Crippen LogP contribution in [0.1, 0.15) is 10.4 Å². The van der Waals surface area contributed by atoms with Crippen molar-refractivity contribution >= 4 is 43.4 Å². The Labute approximate surface area is 153 Å². The maximum atomic E-state index is 12.8. The molecule has 26 heavy (non-hydrogen) atoms. The molecule has 6 heteroatoms. The Bertz CT molecular complexity index is 1100. The number of rotatable bonds is 2. The van der Waals surface area contributed by atoms with Crippen LogP contribution in [-0.4, -0.2) is 24.1 Å². The molecule has 0 saturated carbocycles. The van der Waals surface area contributed by atoms with E-state index in [-0.39, 0.29) is 5.91 Å². The number of hydrogen-bond acceptors (Lipinski definition) is 5. The molecule has 0 spiro atoms. The molecule has 0 unspecified atom stereocenters. The molecule has 5 nitrogen and oxygen atoms in total. The van der Waals surface area contributed by atoms with Gasteiger partial charge in [0.1, 0.15) is 13.2 Å². The van der Waals surface area contributed by atoms with Gasteiger partial charge in [0.15, 0.2) is 16.6 Å². The molecule has 1 aliphatic heterocycles. The molecule has 0 atom stereocenters. The van der Waals surface area contributed by atoms with Gasteiger partial charge in [-0.05, 0) is 16.8 Å². The molecule has 1 N–H and O–H groups in total. The SMILES string of the molecule is O=C(Nc1nc2cc3c(cc2s1)OCCO3)c1cccc2ccccc12. The van der Waals surface area contributed by atoms with Crippen LogP contribution < -0.4 is 14.8 Å². The fourth-order valence-electron chi connectivity index (χ4n) is 3.11. The summed E-state index contributed by atoms with van der Waals surface area (Å²) in [4.78, 5) is 17.3. The monoisotopic (exact) mass is 362 g/mol. The van der Waals surface area contributed by atoms with E-state index in [1.807, 2.05) is 54.6 Å². The van der Waals surface area contributed by atoms with Crippen molar-refractivity contribution in [3.63, 3.8) is 0 Å². The smallest absolute Gasteiger partial charge is 0.258 e. The first-order valence-electron chi connectivity index (χ1n) is 8.27. The first-order valence-corrected chi connectivity index (χ1v) is 9.09. The lowest BCUT2D eigenvalue weighted by Crippen LogP contribution is -2.15. The minimum Gasteiger partial charge on any atom is -0.486 e.